The Hall–Kier alpha value is -1.10. The number of amidine groups is 1. The molecule has 0 saturated carbocycles. The zero-order valence-corrected chi connectivity index (χ0v) is 24.2. The molecule has 0 aliphatic rings. The molecule has 0 aromatic heterocycles. The Balaban J connectivity index is 3.44. The minimum Gasteiger partial charge on any atom is -0.393 e. The number of ether oxygens (including phenoxy) is 1. The van der Waals surface area contributed by atoms with Gasteiger partial charge in [-0.25, -0.2) is 4.99 Å². The van der Waals surface area contributed by atoms with Crippen LogP contribution in [0.1, 0.15) is 149 Å². The summed E-state index contributed by atoms with van der Waals surface area (Å²) in [7, 11) is 4.10. The van der Waals surface area contributed by atoms with E-state index in [1.54, 1.807) is 0 Å². The Morgan fingerprint density at radius 1 is 0.657 bits per heavy atom. The van der Waals surface area contributed by atoms with Crippen LogP contribution < -0.4 is 5.32 Å². The van der Waals surface area contributed by atoms with Crippen molar-refractivity contribution in [3.05, 3.63) is 0 Å². The van der Waals surface area contributed by atoms with E-state index in [2.05, 4.69) is 36.2 Å². The van der Waals surface area contributed by atoms with Crippen molar-refractivity contribution in [3.63, 3.8) is 0 Å². The van der Waals surface area contributed by atoms with Crippen molar-refractivity contribution >= 4 is 12.0 Å². The van der Waals surface area contributed by atoms with E-state index in [4.69, 9.17) is 4.74 Å². The maximum absolute atomic E-state index is 12.1. The molecule has 0 aliphatic carbocycles. The lowest BCUT2D eigenvalue weighted by atomic mass is 10.0. The number of carbonyl (C=O) groups excluding carboxylic acids is 1. The Bertz CT molecular complexity index is 480. The minimum atomic E-state index is -0.163. The van der Waals surface area contributed by atoms with Gasteiger partial charge in [-0.1, -0.05) is 122 Å². The average molecular weight is 496 g/mol. The second-order valence-electron chi connectivity index (χ2n) is 10.5. The maximum atomic E-state index is 12.1. The third-order valence-corrected chi connectivity index (χ3v) is 6.54. The van der Waals surface area contributed by atoms with Gasteiger partial charge in [0.25, 0.3) is 6.02 Å². The Morgan fingerprint density at radius 3 is 1.49 bits per heavy atom. The van der Waals surface area contributed by atoms with Crippen LogP contribution in [0, 0.1) is 0 Å². The number of nitrogens with zero attached hydrogens (tertiary/aromatic N) is 2. The topological polar surface area (TPSA) is 53.9 Å². The molecule has 0 heterocycles. The van der Waals surface area contributed by atoms with E-state index in [-0.39, 0.29) is 5.97 Å². The molecule has 5 heteroatoms. The van der Waals surface area contributed by atoms with E-state index in [0.717, 1.165) is 25.8 Å². The molecule has 0 amide bonds. The zero-order chi connectivity index (χ0) is 25.8. The maximum Gasteiger partial charge on any atom is 0.313 e. The zero-order valence-electron chi connectivity index (χ0n) is 24.2. The highest BCUT2D eigenvalue weighted by Crippen LogP contribution is 2.15. The van der Waals surface area contributed by atoms with E-state index in [1.807, 2.05) is 6.92 Å². The summed E-state index contributed by atoms with van der Waals surface area (Å²) in [5, 5.41) is 3.06. The molecule has 0 bridgehead atoms. The molecule has 35 heavy (non-hydrogen) atoms. The molecular weight excluding hydrogens is 434 g/mol. The van der Waals surface area contributed by atoms with Crippen molar-refractivity contribution in [2.75, 3.05) is 33.7 Å². The molecular formula is C30H61N3O2. The molecule has 0 aliphatic heterocycles. The molecule has 0 atom stereocenters. The lowest BCUT2D eigenvalue weighted by molar-refractivity contribution is -0.135. The summed E-state index contributed by atoms with van der Waals surface area (Å²) in [6.45, 7) is 6.64. The third kappa shape index (κ3) is 27.3. The van der Waals surface area contributed by atoms with E-state index in [9.17, 15) is 4.79 Å². The average Bonchev–Trinajstić information content (AvgIpc) is 2.83. The van der Waals surface area contributed by atoms with Crippen LogP contribution in [-0.4, -0.2) is 50.6 Å². The number of hydrogen-bond acceptors (Lipinski definition) is 4. The standard InChI is InChI=1S/C30H61N3O2/c1-5-7-8-9-10-11-12-13-14-15-16-17-18-19-20-21-22-23-24-26-29(34)35-30(31-6-2)32-27-25-28-33(3)4/h5-28H2,1-4H3,(H,31,32). The predicted molar refractivity (Wildman–Crippen MR) is 153 cm³/mol. The van der Waals surface area contributed by atoms with Gasteiger partial charge in [-0.05, 0) is 40.4 Å². The molecule has 0 fully saturated rings. The van der Waals surface area contributed by atoms with Crippen LogP contribution in [-0.2, 0) is 9.53 Å². The van der Waals surface area contributed by atoms with Crippen LogP contribution in [0.15, 0.2) is 4.99 Å². The Labute approximate surface area is 219 Å². The summed E-state index contributed by atoms with van der Waals surface area (Å²) in [4.78, 5) is 18.6. The van der Waals surface area contributed by atoms with Crippen molar-refractivity contribution in [1.29, 1.82) is 0 Å². The van der Waals surface area contributed by atoms with E-state index >= 15 is 0 Å². The molecule has 0 unspecified atom stereocenters. The summed E-state index contributed by atoms with van der Waals surface area (Å²) in [5.41, 5.74) is 0. The van der Waals surface area contributed by atoms with Crippen molar-refractivity contribution in [2.45, 2.75) is 149 Å². The highest BCUT2D eigenvalue weighted by molar-refractivity contribution is 5.87. The summed E-state index contributed by atoms with van der Waals surface area (Å²) in [6, 6.07) is 0.383. The van der Waals surface area contributed by atoms with Crippen molar-refractivity contribution in [1.82, 2.24) is 10.2 Å². The van der Waals surface area contributed by atoms with Gasteiger partial charge in [0.15, 0.2) is 0 Å². The number of esters is 1. The molecule has 0 aromatic carbocycles. The van der Waals surface area contributed by atoms with Crippen LogP contribution in [0.3, 0.4) is 0 Å². The van der Waals surface area contributed by atoms with Crippen LogP contribution in [0.4, 0.5) is 0 Å². The first-order valence-corrected chi connectivity index (χ1v) is 15.2. The SMILES string of the molecule is CCCCCCCCCCCCCCCCCCCCCC(=O)OC(=NCCCN(C)C)NCC. The first-order valence-electron chi connectivity index (χ1n) is 15.2. The van der Waals surface area contributed by atoms with Gasteiger partial charge in [-0.15, -0.1) is 0 Å². The highest BCUT2D eigenvalue weighted by atomic mass is 16.6. The molecule has 208 valence electrons. The first kappa shape index (κ1) is 33.9. The number of carbonyl (C=O) groups is 1. The van der Waals surface area contributed by atoms with Crippen LogP contribution in [0.25, 0.3) is 0 Å². The molecule has 0 spiro atoms. The van der Waals surface area contributed by atoms with Gasteiger partial charge < -0.3 is 15.0 Å². The third-order valence-electron chi connectivity index (χ3n) is 6.54. The number of hydrogen-bond donors (Lipinski definition) is 1. The fourth-order valence-electron chi connectivity index (χ4n) is 4.35. The lowest BCUT2D eigenvalue weighted by Gasteiger charge is -2.10. The first-order chi connectivity index (χ1) is 17.1. The van der Waals surface area contributed by atoms with Gasteiger partial charge in [-0.3, -0.25) is 4.79 Å². The van der Waals surface area contributed by atoms with Crippen molar-refractivity contribution in [2.24, 2.45) is 4.99 Å². The summed E-state index contributed by atoms with van der Waals surface area (Å²) >= 11 is 0. The van der Waals surface area contributed by atoms with Crippen LogP contribution in [0.5, 0.6) is 0 Å². The van der Waals surface area contributed by atoms with Gasteiger partial charge in [-0.2, -0.15) is 0 Å². The molecule has 0 rings (SSSR count). The monoisotopic (exact) mass is 495 g/mol. The van der Waals surface area contributed by atoms with Gasteiger partial charge in [0.2, 0.25) is 0 Å². The van der Waals surface area contributed by atoms with Crippen LogP contribution >= 0.6 is 0 Å². The fraction of sp³-hybridized carbons (Fsp3) is 0.933. The van der Waals surface area contributed by atoms with Crippen LogP contribution in [0.2, 0.25) is 0 Å². The van der Waals surface area contributed by atoms with E-state index in [1.165, 1.54) is 109 Å². The molecule has 1 N–H and O–H groups in total. The molecule has 0 aromatic rings. The van der Waals surface area contributed by atoms with E-state index < -0.39 is 0 Å². The number of aliphatic imine (C=N–C) groups is 1. The summed E-state index contributed by atoms with van der Waals surface area (Å²) in [6.07, 6.45) is 27.3. The Kier molecular flexibility index (Phi) is 26.6. The summed E-state index contributed by atoms with van der Waals surface area (Å²) in [5.74, 6) is -0.163. The predicted octanol–water partition coefficient (Wildman–Crippen LogP) is 8.27. The van der Waals surface area contributed by atoms with E-state index in [0.29, 0.717) is 25.5 Å². The fourth-order valence-corrected chi connectivity index (χ4v) is 4.35. The largest absolute Gasteiger partial charge is 0.393 e. The highest BCUT2D eigenvalue weighted by Gasteiger charge is 2.08. The second kappa shape index (κ2) is 27.5. The van der Waals surface area contributed by atoms with Gasteiger partial charge >= 0.3 is 5.97 Å². The lowest BCUT2D eigenvalue weighted by Crippen LogP contribution is -2.29. The molecule has 5 nitrogen and oxygen atoms in total. The number of unbranched alkanes of at least 4 members (excludes halogenated alkanes) is 18. The number of rotatable bonds is 25. The quantitative estimate of drug-likeness (QED) is 0.0599. The summed E-state index contributed by atoms with van der Waals surface area (Å²) < 4.78 is 5.42. The molecule has 0 saturated heterocycles. The van der Waals surface area contributed by atoms with Gasteiger partial charge in [0.1, 0.15) is 0 Å². The van der Waals surface area contributed by atoms with Gasteiger partial charge in [0.05, 0.1) is 0 Å². The second-order valence-corrected chi connectivity index (χ2v) is 10.5. The van der Waals surface area contributed by atoms with Gasteiger partial charge in [0, 0.05) is 19.5 Å². The minimum absolute atomic E-state index is 0.163. The normalized spacial score (nSPS) is 11.9. The molecule has 0 radical (unpaired) electrons. The number of nitrogens with one attached hydrogen (secondary N) is 1. The van der Waals surface area contributed by atoms with Crippen molar-refractivity contribution in [3.8, 4) is 0 Å². The smallest absolute Gasteiger partial charge is 0.313 e. The Morgan fingerprint density at radius 2 is 1.09 bits per heavy atom. The van der Waals surface area contributed by atoms with Crippen molar-refractivity contribution < 1.29 is 9.53 Å².